The normalized spacial score (nSPS) is 12.0. The van der Waals surface area contributed by atoms with Crippen molar-refractivity contribution in [2.24, 2.45) is 0 Å². The van der Waals surface area contributed by atoms with Crippen LogP contribution in [0.25, 0.3) is 0 Å². The molecule has 0 aliphatic rings. The average molecular weight is 657 g/mol. The second kappa shape index (κ2) is 15.9. The molecule has 0 fully saturated rings. The zero-order valence-electron chi connectivity index (χ0n) is 25.0. The maximum absolute atomic E-state index is 14.0. The van der Waals surface area contributed by atoms with Crippen LogP contribution in [0.2, 0.25) is 0 Å². The van der Waals surface area contributed by atoms with E-state index < -0.39 is 16.1 Å². The van der Waals surface area contributed by atoms with E-state index in [1.54, 1.807) is 4.90 Å². The molecule has 3 rings (SSSR count). The van der Waals surface area contributed by atoms with Crippen LogP contribution < -0.4 is 9.62 Å². The Bertz CT molecular complexity index is 1450. The van der Waals surface area contributed by atoms with Crippen LogP contribution in [0.4, 0.5) is 5.69 Å². The smallest absolute Gasteiger partial charge is 0.243 e. The molecule has 2 amide bonds. The van der Waals surface area contributed by atoms with Gasteiger partial charge in [-0.3, -0.25) is 13.9 Å². The summed E-state index contributed by atoms with van der Waals surface area (Å²) in [5.41, 5.74) is 4.27. The molecule has 0 heterocycles. The zero-order valence-corrected chi connectivity index (χ0v) is 27.4. The summed E-state index contributed by atoms with van der Waals surface area (Å²) in [7, 11) is -3.57. The summed E-state index contributed by atoms with van der Waals surface area (Å²) in [5, 5.41) is 3.03. The van der Waals surface area contributed by atoms with Gasteiger partial charge in [-0.2, -0.15) is 0 Å². The molecule has 3 aromatic carbocycles. The highest BCUT2D eigenvalue weighted by molar-refractivity contribution is 9.10. The summed E-state index contributed by atoms with van der Waals surface area (Å²) in [4.78, 5) is 29.2. The van der Waals surface area contributed by atoms with Gasteiger partial charge in [0.1, 0.15) is 6.04 Å². The molecule has 42 heavy (non-hydrogen) atoms. The van der Waals surface area contributed by atoms with Crippen LogP contribution in [0.5, 0.6) is 0 Å². The summed E-state index contributed by atoms with van der Waals surface area (Å²) in [6.45, 7) is 6.82. The highest BCUT2D eigenvalue weighted by Crippen LogP contribution is 2.25. The number of halogens is 1. The lowest BCUT2D eigenvalue weighted by Gasteiger charge is -2.32. The Morgan fingerprint density at radius 1 is 0.929 bits per heavy atom. The highest BCUT2D eigenvalue weighted by atomic mass is 79.9. The number of benzene rings is 3. The first-order chi connectivity index (χ1) is 20.0. The van der Waals surface area contributed by atoms with E-state index in [1.807, 2.05) is 86.6 Å². The average Bonchev–Trinajstić information content (AvgIpc) is 2.94. The van der Waals surface area contributed by atoms with Gasteiger partial charge in [0, 0.05) is 36.9 Å². The number of aryl methyl sites for hydroxylation is 2. The summed E-state index contributed by atoms with van der Waals surface area (Å²) < 4.78 is 27.8. The van der Waals surface area contributed by atoms with Gasteiger partial charge < -0.3 is 10.2 Å². The van der Waals surface area contributed by atoms with Crippen LogP contribution in [0.3, 0.4) is 0 Å². The molecule has 0 spiro atoms. The molecular weight excluding hydrogens is 614 g/mol. The van der Waals surface area contributed by atoms with Crippen LogP contribution >= 0.6 is 15.9 Å². The maximum Gasteiger partial charge on any atom is 0.243 e. The highest BCUT2D eigenvalue weighted by Gasteiger charge is 2.30. The largest absolute Gasteiger partial charge is 0.354 e. The van der Waals surface area contributed by atoms with Gasteiger partial charge in [0.2, 0.25) is 21.8 Å². The standard InChI is InChI=1S/C33H42BrN3O4S/c1-5-6-19-35-33(39)31(23-27-12-8-7-9-13-27)36(24-28-14-10-15-29(34)22-28)32(38)16-11-20-37(42(4,40)41)30-21-25(2)17-18-26(30)3/h7-10,12-15,17-18,21-22,31H,5-6,11,16,19-20,23-24H2,1-4H3,(H,35,39). The second-order valence-electron chi connectivity index (χ2n) is 10.7. The maximum atomic E-state index is 14.0. The first-order valence-corrected chi connectivity index (χ1v) is 17.0. The van der Waals surface area contributed by atoms with Gasteiger partial charge in [0.05, 0.1) is 11.9 Å². The first kappa shape index (κ1) is 33.3. The van der Waals surface area contributed by atoms with Crippen molar-refractivity contribution in [3.8, 4) is 0 Å². The lowest BCUT2D eigenvalue weighted by atomic mass is 10.0. The number of rotatable bonds is 15. The van der Waals surface area contributed by atoms with Gasteiger partial charge in [-0.15, -0.1) is 0 Å². The van der Waals surface area contributed by atoms with Crippen LogP contribution in [-0.4, -0.2) is 50.5 Å². The molecule has 3 aromatic rings. The predicted octanol–water partition coefficient (Wildman–Crippen LogP) is 6.17. The van der Waals surface area contributed by atoms with E-state index in [9.17, 15) is 18.0 Å². The molecule has 0 bridgehead atoms. The molecule has 1 unspecified atom stereocenters. The topological polar surface area (TPSA) is 86.8 Å². The number of carbonyl (C=O) groups is 2. The Labute approximate surface area is 259 Å². The number of anilines is 1. The lowest BCUT2D eigenvalue weighted by molar-refractivity contribution is -0.141. The fourth-order valence-electron chi connectivity index (χ4n) is 4.86. The number of carbonyl (C=O) groups excluding carboxylic acids is 2. The van der Waals surface area contributed by atoms with E-state index in [4.69, 9.17) is 0 Å². The van der Waals surface area contributed by atoms with Gasteiger partial charge >= 0.3 is 0 Å². The Balaban J connectivity index is 1.89. The molecule has 0 aliphatic heterocycles. The zero-order chi connectivity index (χ0) is 30.7. The van der Waals surface area contributed by atoms with Gasteiger partial charge in [-0.05, 0) is 67.1 Å². The van der Waals surface area contributed by atoms with Crippen molar-refractivity contribution >= 4 is 43.5 Å². The fraction of sp³-hybridized carbons (Fsp3) is 0.394. The monoisotopic (exact) mass is 655 g/mol. The Morgan fingerprint density at radius 2 is 1.64 bits per heavy atom. The fourth-order valence-corrected chi connectivity index (χ4v) is 6.32. The molecule has 7 nitrogen and oxygen atoms in total. The van der Waals surface area contributed by atoms with E-state index in [-0.39, 0.29) is 31.3 Å². The Kier molecular flexibility index (Phi) is 12.6. The summed E-state index contributed by atoms with van der Waals surface area (Å²) in [6.07, 6.45) is 3.76. The molecule has 0 saturated carbocycles. The predicted molar refractivity (Wildman–Crippen MR) is 174 cm³/mol. The van der Waals surface area contributed by atoms with Crippen molar-refractivity contribution in [2.45, 2.75) is 65.5 Å². The third-order valence-electron chi connectivity index (χ3n) is 7.13. The summed E-state index contributed by atoms with van der Waals surface area (Å²) in [6, 6.07) is 22.4. The number of hydrogen-bond donors (Lipinski definition) is 1. The molecule has 0 aliphatic carbocycles. The molecule has 0 aromatic heterocycles. The molecule has 1 atom stereocenters. The minimum Gasteiger partial charge on any atom is -0.354 e. The first-order valence-electron chi connectivity index (χ1n) is 14.4. The number of nitrogens with zero attached hydrogens (tertiary/aromatic N) is 2. The summed E-state index contributed by atoms with van der Waals surface area (Å²) >= 11 is 3.52. The number of sulfonamides is 1. The van der Waals surface area contributed by atoms with Gasteiger partial charge in [-0.1, -0.05) is 83.9 Å². The van der Waals surface area contributed by atoms with Gasteiger partial charge in [0.25, 0.3) is 0 Å². The van der Waals surface area contributed by atoms with E-state index >= 15 is 0 Å². The quantitative estimate of drug-likeness (QED) is 0.199. The third-order valence-corrected chi connectivity index (χ3v) is 8.80. The van der Waals surface area contributed by atoms with Gasteiger partial charge in [0.15, 0.2) is 0 Å². The van der Waals surface area contributed by atoms with Crippen LogP contribution in [-0.2, 0) is 32.6 Å². The van der Waals surface area contributed by atoms with Gasteiger partial charge in [-0.25, -0.2) is 8.42 Å². The minimum absolute atomic E-state index is 0.0957. The lowest BCUT2D eigenvalue weighted by Crippen LogP contribution is -2.50. The molecular formula is C33H42BrN3O4S. The van der Waals surface area contributed by atoms with Crippen molar-refractivity contribution in [1.29, 1.82) is 0 Å². The number of nitrogens with one attached hydrogen (secondary N) is 1. The summed E-state index contributed by atoms with van der Waals surface area (Å²) in [5.74, 6) is -0.389. The van der Waals surface area contributed by atoms with Crippen molar-refractivity contribution in [3.63, 3.8) is 0 Å². The van der Waals surface area contributed by atoms with Crippen molar-refractivity contribution in [3.05, 3.63) is 99.5 Å². The number of unbranched alkanes of at least 4 members (excludes halogenated alkanes) is 1. The van der Waals surface area contributed by atoms with E-state index in [0.717, 1.165) is 39.6 Å². The van der Waals surface area contributed by atoms with E-state index in [0.29, 0.717) is 25.1 Å². The van der Waals surface area contributed by atoms with E-state index in [2.05, 4.69) is 28.2 Å². The number of hydrogen-bond acceptors (Lipinski definition) is 4. The minimum atomic E-state index is -3.57. The third kappa shape index (κ3) is 9.98. The van der Waals surface area contributed by atoms with Crippen LogP contribution in [0, 0.1) is 13.8 Å². The second-order valence-corrected chi connectivity index (χ2v) is 13.6. The molecule has 1 N–H and O–H groups in total. The van der Waals surface area contributed by atoms with Crippen LogP contribution in [0.1, 0.15) is 54.9 Å². The molecule has 226 valence electrons. The van der Waals surface area contributed by atoms with Crippen molar-refractivity contribution < 1.29 is 18.0 Å². The molecule has 9 heteroatoms. The SMILES string of the molecule is CCCCNC(=O)C(Cc1ccccc1)N(Cc1cccc(Br)c1)C(=O)CCCN(c1cc(C)ccc1C)S(C)(=O)=O. The van der Waals surface area contributed by atoms with Crippen molar-refractivity contribution in [1.82, 2.24) is 10.2 Å². The molecule has 0 radical (unpaired) electrons. The van der Waals surface area contributed by atoms with E-state index in [1.165, 1.54) is 10.6 Å². The molecule has 0 saturated heterocycles. The van der Waals surface area contributed by atoms with Crippen molar-refractivity contribution in [2.75, 3.05) is 23.7 Å². The number of amides is 2. The van der Waals surface area contributed by atoms with Crippen LogP contribution in [0.15, 0.2) is 77.3 Å². The Hall–Kier alpha value is -3.17. The Morgan fingerprint density at radius 3 is 2.31 bits per heavy atom.